The highest BCUT2D eigenvalue weighted by atomic mass is 35.5. The van der Waals surface area contributed by atoms with E-state index in [0.717, 1.165) is 40.9 Å². The van der Waals surface area contributed by atoms with Crippen LogP contribution in [-0.4, -0.2) is 34.8 Å². The van der Waals surface area contributed by atoms with Crippen LogP contribution in [0.2, 0.25) is 5.02 Å². The highest BCUT2D eigenvalue weighted by Gasteiger charge is 2.23. The summed E-state index contributed by atoms with van der Waals surface area (Å²) in [7, 11) is 0. The van der Waals surface area contributed by atoms with Gasteiger partial charge < -0.3 is 10.6 Å². The average molecular weight is 493 g/mol. The van der Waals surface area contributed by atoms with Crippen molar-refractivity contribution in [1.29, 1.82) is 0 Å². The van der Waals surface area contributed by atoms with Crippen molar-refractivity contribution in [2.75, 3.05) is 13.1 Å². The lowest BCUT2D eigenvalue weighted by Gasteiger charge is -2.22. The molecule has 1 heterocycles. The number of hydrogen-bond acceptors (Lipinski definition) is 3. The van der Waals surface area contributed by atoms with E-state index in [1.54, 1.807) is 0 Å². The van der Waals surface area contributed by atoms with Gasteiger partial charge in [0.2, 0.25) is 0 Å². The average Bonchev–Trinajstić information content (AvgIpc) is 3.17. The summed E-state index contributed by atoms with van der Waals surface area (Å²) < 4.78 is 1.88. The maximum absolute atomic E-state index is 13.2. The topological polar surface area (TPSA) is 58.9 Å². The van der Waals surface area contributed by atoms with Crippen molar-refractivity contribution in [2.24, 2.45) is 5.92 Å². The van der Waals surface area contributed by atoms with Crippen LogP contribution in [-0.2, 0) is 0 Å². The van der Waals surface area contributed by atoms with Crippen LogP contribution >= 0.6 is 11.6 Å². The molecule has 2 aromatic carbocycles. The number of carbonyl (C=O) groups is 1. The van der Waals surface area contributed by atoms with Crippen molar-refractivity contribution in [2.45, 2.75) is 53.5 Å². The number of aryl methyl sites for hydroxylation is 2. The van der Waals surface area contributed by atoms with E-state index < -0.39 is 0 Å². The molecule has 2 N–H and O–H groups in total. The molecule has 0 radical (unpaired) electrons. The monoisotopic (exact) mass is 492 g/mol. The third-order valence-corrected chi connectivity index (χ3v) is 6.87. The lowest BCUT2D eigenvalue weighted by molar-refractivity contribution is 0.0947. The van der Waals surface area contributed by atoms with Gasteiger partial charge in [-0.1, -0.05) is 60.9 Å². The number of amides is 1. The molecule has 3 rings (SSSR count). The van der Waals surface area contributed by atoms with Crippen LogP contribution in [0.1, 0.15) is 53.9 Å². The molecule has 186 valence electrons. The Morgan fingerprint density at radius 1 is 1.14 bits per heavy atom. The van der Waals surface area contributed by atoms with Gasteiger partial charge in [-0.25, -0.2) is 4.68 Å². The van der Waals surface area contributed by atoms with E-state index in [0.29, 0.717) is 35.8 Å². The van der Waals surface area contributed by atoms with E-state index >= 15 is 0 Å². The summed E-state index contributed by atoms with van der Waals surface area (Å²) in [5, 5.41) is 12.0. The standard InChI is InChI=1S/C29H37ClN4O/c1-7-9-23(8-2)22(6)31-16-17-32-29(35)27-21(5)28(24-11-13-25(30)14-12-24)34(33-27)26-15-10-19(3)18-20(26)4/h7,10-15,18,22-23,31H,1,8-9,16-17H2,2-6H3,(H,32,35). The third kappa shape index (κ3) is 6.41. The fourth-order valence-electron chi connectivity index (χ4n) is 4.54. The Morgan fingerprint density at radius 2 is 1.86 bits per heavy atom. The normalized spacial score (nSPS) is 12.9. The zero-order valence-electron chi connectivity index (χ0n) is 21.5. The molecule has 0 aliphatic heterocycles. The van der Waals surface area contributed by atoms with Gasteiger partial charge in [0.05, 0.1) is 11.4 Å². The number of hydrogen-bond donors (Lipinski definition) is 2. The van der Waals surface area contributed by atoms with Gasteiger partial charge in [-0.2, -0.15) is 5.10 Å². The van der Waals surface area contributed by atoms with Crippen molar-refractivity contribution in [1.82, 2.24) is 20.4 Å². The van der Waals surface area contributed by atoms with Gasteiger partial charge in [-0.3, -0.25) is 4.79 Å². The highest BCUT2D eigenvalue weighted by Crippen LogP contribution is 2.31. The molecule has 1 amide bonds. The van der Waals surface area contributed by atoms with Gasteiger partial charge in [0.15, 0.2) is 5.69 Å². The highest BCUT2D eigenvalue weighted by molar-refractivity contribution is 6.30. The van der Waals surface area contributed by atoms with Crippen LogP contribution < -0.4 is 10.6 Å². The number of benzene rings is 2. The molecule has 0 saturated heterocycles. The van der Waals surface area contributed by atoms with Crippen LogP contribution in [0.15, 0.2) is 55.1 Å². The largest absolute Gasteiger partial charge is 0.349 e. The van der Waals surface area contributed by atoms with Crippen molar-refractivity contribution < 1.29 is 4.79 Å². The smallest absolute Gasteiger partial charge is 0.272 e. The molecule has 0 fully saturated rings. The van der Waals surface area contributed by atoms with Crippen LogP contribution in [0.3, 0.4) is 0 Å². The Hall–Kier alpha value is -2.89. The molecule has 0 bridgehead atoms. The van der Waals surface area contributed by atoms with Crippen molar-refractivity contribution in [3.8, 4) is 16.9 Å². The van der Waals surface area contributed by atoms with E-state index in [4.69, 9.17) is 16.7 Å². The Bertz CT molecular complexity index is 1170. The molecule has 35 heavy (non-hydrogen) atoms. The van der Waals surface area contributed by atoms with Crippen molar-refractivity contribution >= 4 is 17.5 Å². The molecule has 5 nitrogen and oxygen atoms in total. The van der Waals surface area contributed by atoms with Gasteiger partial charge in [0, 0.05) is 35.3 Å². The minimum atomic E-state index is -0.172. The Labute approximate surface area is 214 Å². The summed E-state index contributed by atoms with van der Waals surface area (Å²) in [6, 6.07) is 14.2. The molecule has 6 heteroatoms. The van der Waals surface area contributed by atoms with Gasteiger partial charge in [0.25, 0.3) is 5.91 Å². The predicted molar refractivity (Wildman–Crippen MR) is 147 cm³/mol. The van der Waals surface area contributed by atoms with Gasteiger partial charge in [-0.15, -0.1) is 6.58 Å². The molecule has 3 aromatic rings. The Kier molecular flexibility index (Phi) is 9.30. The summed E-state index contributed by atoms with van der Waals surface area (Å²) in [6.07, 6.45) is 4.05. The Balaban J connectivity index is 1.84. The minimum Gasteiger partial charge on any atom is -0.349 e. The van der Waals surface area contributed by atoms with Crippen LogP contribution in [0.25, 0.3) is 16.9 Å². The molecule has 0 saturated carbocycles. The maximum Gasteiger partial charge on any atom is 0.272 e. The first kappa shape index (κ1) is 26.7. The fourth-order valence-corrected chi connectivity index (χ4v) is 4.67. The summed E-state index contributed by atoms with van der Waals surface area (Å²) >= 11 is 6.14. The Morgan fingerprint density at radius 3 is 2.49 bits per heavy atom. The molecular weight excluding hydrogens is 456 g/mol. The quantitative estimate of drug-likeness (QED) is 0.239. The number of carbonyl (C=O) groups excluding carboxylic acids is 1. The van der Waals surface area contributed by atoms with Crippen LogP contribution in [0.4, 0.5) is 0 Å². The van der Waals surface area contributed by atoms with Crippen LogP contribution in [0.5, 0.6) is 0 Å². The number of halogens is 1. The number of nitrogens with zero attached hydrogens (tertiary/aromatic N) is 2. The third-order valence-electron chi connectivity index (χ3n) is 6.61. The predicted octanol–water partition coefficient (Wildman–Crippen LogP) is 6.43. The SMILES string of the molecule is C=CCC(CC)C(C)NCCNC(=O)c1nn(-c2ccc(C)cc2C)c(-c2ccc(Cl)cc2)c1C. The summed E-state index contributed by atoms with van der Waals surface area (Å²) in [6.45, 7) is 15.5. The van der Waals surface area contributed by atoms with Gasteiger partial charge >= 0.3 is 0 Å². The first-order chi connectivity index (χ1) is 16.8. The molecule has 0 aliphatic carbocycles. The van der Waals surface area contributed by atoms with E-state index in [-0.39, 0.29) is 5.91 Å². The van der Waals surface area contributed by atoms with E-state index in [9.17, 15) is 4.79 Å². The van der Waals surface area contributed by atoms with Crippen molar-refractivity contribution in [3.63, 3.8) is 0 Å². The second-order valence-corrected chi connectivity index (χ2v) is 9.66. The lowest BCUT2D eigenvalue weighted by atomic mass is 9.95. The van der Waals surface area contributed by atoms with Crippen molar-refractivity contribution in [3.05, 3.63) is 82.5 Å². The van der Waals surface area contributed by atoms with E-state index in [1.165, 1.54) is 5.56 Å². The molecule has 0 aliphatic rings. The molecule has 2 unspecified atom stereocenters. The zero-order chi connectivity index (χ0) is 25.5. The fraction of sp³-hybridized carbons (Fsp3) is 0.379. The maximum atomic E-state index is 13.2. The number of rotatable bonds is 11. The molecule has 1 aromatic heterocycles. The number of aromatic nitrogens is 2. The van der Waals surface area contributed by atoms with Gasteiger partial charge in [-0.05, 0) is 63.8 Å². The lowest BCUT2D eigenvalue weighted by Crippen LogP contribution is -2.39. The second-order valence-electron chi connectivity index (χ2n) is 9.22. The minimum absolute atomic E-state index is 0.172. The molecule has 2 atom stereocenters. The van der Waals surface area contributed by atoms with Crippen LogP contribution in [0, 0.1) is 26.7 Å². The summed E-state index contributed by atoms with van der Waals surface area (Å²) in [5.41, 5.74) is 6.34. The molecular formula is C29H37ClN4O. The van der Waals surface area contributed by atoms with E-state index in [1.807, 2.05) is 41.9 Å². The number of nitrogens with one attached hydrogen (secondary N) is 2. The molecule has 0 spiro atoms. The number of allylic oxidation sites excluding steroid dienone is 1. The summed E-state index contributed by atoms with van der Waals surface area (Å²) in [5.74, 6) is 0.370. The first-order valence-corrected chi connectivity index (χ1v) is 12.7. The first-order valence-electron chi connectivity index (χ1n) is 12.3. The van der Waals surface area contributed by atoms with E-state index in [2.05, 4.69) is 63.1 Å². The zero-order valence-corrected chi connectivity index (χ0v) is 22.2. The second kappa shape index (κ2) is 12.2. The van der Waals surface area contributed by atoms with Gasteiger partial charge in [0.1, 0.15) is 0 Å². The summed E-state index contributed by atoms with van der Waals surface area (Å²) in [4.78, 5) is 13.2.